The summed E-state index contributed by atoms with van der Waals surface area (Å²) in [5, 5.41) is 4.67. The number of anilines is 1. The predicted molar refractivity (Wildman–Crippen MR) is 90.6 cm³/mol. The lowest BCUT2D eigenvalue weighted by molar-refractivity contribution is 0.193. The second kappa shape index (κ2) is 6.38. The average Bonchev–Trinajstić information content (AvgIpc) is 3.25. The van der Waals surface area contributed by atoms with Crippen LogP contribution in [-0.2, 0) is 11.3 Å². The second-order valence-electron chi connectivity index (χ2n) is 5.88. The number of nitrogens with zero attached hydrogens (tertiary/aromatic N) is 3. The van der Waals surface area contributed by atoms with Crippen molar-refractivity contribution in [3.63, 3.8) is 0 Å². The number of ether oxygens (including phenoxy) is 1. The molecule has 5 heteroatoms. The van der Waals surface area contributed by atoms with E-state index in [9.17, 15) is 0 Å². The largest absolute Gasteiger partial charge is 0.381 e. The Morgan fingerprint density at radius 3 is 3.09 bits per heavy atom. The average molecular weight is 308 g/mol. The Morgan fingerprint density at radius 2 is 2.17 bits per heavy atom. The lowest BCUT2D eigenvalue weighted by Crippen LogP contribution is -2.11. The van der Waals surface area contributed by atoms with Gasteiger partial charge in [0.25, 0.3) is 0 Å². The number of nitrogens with one attached hydrogen (secondary N) is 1. The minimum Gasteiger partial charge on any atom is -0.381 e. The Balaban J connectivity index is 1.40. The summed E-state index contributed by atoms with van der Waals surface area (Å²) in [6.45, 7) is 3.33. The minimum atomic E-state index is 0.409. The Bertz CT molecular complexity index is 792. The van der Waals surface area contributed by atoms with E-state index in [2.05, 4.69) is 56.4 Å². The number of hydrogen-bond acceptors (Lipinski definition) is 4. The van der Waals surface area contributed by atoms with Gasteiger partial charge < -0.3 is 14.6 Å². The van der Waals surface area contributed by atoms with Crippen molar-refractivity contribution >= 4 is 16.7 Å². The molecule has 0 radical (unpaired) electrons. The molecule has 1 aromatic carbocycles. The van der Waals surface area contributed by atoms with Gasteiger partial charge in [0, 0.05) is 43.4 Å². The summed E-state index contributed by atoms with van der Waals surface area (Å²) in [4.78, 5) is 8.70. The number of para-hydroxylation sites is 1. The van der Waals surface area contributed by atoms with Crippen molar-refractivity contribution in [2.24, 2.45) is 0 Å². The van der Waals surface area contributed by atoms with Gasteiger partial charge in [0.05, 0.1) is 12.3 Å². The molecule has 0 spiro atoms. The highest BCUT2D eigenvalue weighted by Gasteiger charge is 2.19. The molecule has 1 aliphatic rings. The highest BCUT2D eigenvalue weighted by Crippen LogP contribution is 2.24. The van der Waals surface area contributed by atoms with E-state index in [0.29, 0.717) is 5.92 Å². The summed E-state index contributed by atoms with van der Waals surface area (Å²) >= 11 is 0. The number of rotatable bonds is 5. The van der Waals surface area contributed by atoms with E-state index in [-0.39, 0.29) is 0 Å². The molecule has 0 unspecified atom stereocenters. The van der Waals surface area contributed by atoms with Crippen LogP contribution in [0.15, 0.2) is 48.9 Å². The van der Waals surface area contributed by atoms with Gasteiger partial charge in [0.2, 0.25) is 0 Å². The Labute approximate surface area is 135 Å². The van der Waals surface area contributed by atoms with Crippen LogP contribution in [0.4, 0.5) is 5.82 Å². The van der Waals surface area contributed by atoms with Crippen molar-refractivity contribution in [3.8, 4) is 0 Å². The zero-order valence-corrected chi connectivity index (χ0v) is 13.0. The Hall–Kier alpha value is -2.40. The van der Waals surface area contributed by atoms with E-state index in [1.807, 2.05) is 6.07 Å². The summed E-state index contributed by atoms with van der Waals surface area (Å²) in [5.74, 6) is 1.30. The van der Waals surface area contributed by atoms with Crippen LogP contribution in [0.3, 0.4) is 0 Å². The lowest BCUT2D eigenvalue weighted by atomic mass is 10.1. The molecule has 0 bridgehead atoms. The molecule has 1 saturated heterocycles. The third-order valence-electron chi connectivity index (χ3n) is 4.38. The highest BCUT2D eigenvalue weighted by atomic mass is 16.5. The van der Waals surface area contributed by atoms with Crippen LogP contribution in [0.5, 0.6) is 0 Å². The fraction of sp³-hybridized carbons (Fsp3) is 0.333. The molecule has 1 aliphatic heterocycles. The highest BCUT2D eigenvalue weighted by molar-refractivity contribution is 5.79. The summed E-state index contributed by atoms with van der Waals surface area (Å²) in [5.41, 5.74) is 2.34. The van der Waals surface area contributed by atoms with Gasteiger partial charge in [-0.25, -0.2) is 9.97 Å². The molecule has 1 N–H and O–H groups in total. The molecule has 0 amide bonds. The van der Waals surface area contributed by atoms with E-state index in [1.165, 1.54) is 10.9 Å². The zero-order valence-electron chi connectivity index (χ0n) is 13.0. The number of aromatic nitrogens is 3. The first-order valence-corrected chi connectivity index (χ1v) is 8.07. The number of fused-ring (bicyclic) bond motifs is 1. The summed E-state index contributed by atoms with van der Waals surface area (Å²) in [7, 11) is 0. The molecule has 3 aromatic rings. The minimum absolute atomic E-state index is 0.409. The van der Waals surface area contributed by atoms with Gasteiger partial charge >= 0.3 is 0 Å². The van der Waals surface area contributed by atoms with Crippen molar-refractivity contribution in [2.75, 3.05) is 25.1 Å². The van der Waals surface area contributed by atoms with Gasteiger partial charge in [0.1, 0.15) is 12.1 Å². The maximum absolute atomic E-state index is 5.44. The monoisotopic (exact) mass is 308 g/mol. The molecule has 0 aliphatic carbocycles. The van der Waals surface area contributed by atoms with E-state index in [0.717, 1.165) is 44.2 Å². The Morgan fingerprint density at radius 1 is 1.22 bits per heavy atom. The van der Waals surface area contributed by atoms with Gasteiger partial charge in [-0.1, -0.05) is 18.2 Å². The summed E-state index contributed by atoms with van der Waals surface area (Å²) in [6, 6.07) is 12.6. The molecule has 4 rings (SSSR count). The van der Waals surface area contributed by atoms with E-state index < -0.39 is 0 Å². The maximum Gasteiger partial charge on any atom is 0.129 e. The molecule has 2 aromatic heterocycles. The van der Waals surface area contributed by atoms with Crippen LogP contribution in [0.25, 0.3) is 10.9 Å². The molecule has 23 heavy (non-hydrogen) atoms. The predicted octanol–water partition coefficient (Wildman–Crippen LogP) is 3.05. The Kier molecular flexibility index (Phi) is 3.94. The molecule has 0 saturated carbocycles. The van der Waals surface area contributed by atoms with Gasteiger partial charge in [-0.3, -0.25) is 0 Å². The number of hydrogen-bond donors (Lipinski definition) is 1. The van der Waals surface area contributed by atoms with E-state index in [1.54, 1.807) is 6.33 Å². The molecule has 1 fully saturated rings. The fourth-order valence-corrected chi connectivity index (χ4v) is 3.10. The van der Waals surface area contributed by atoms with E-state index in [4.69, 9.17) is 4.74 Å². The first-order valence-electron chi connectivity index (χ1n) is 8.07. The van der Waals surface area contributed by atoms with Crippen molar-refractivity contribution in [1.29, 1.82) is 0 Å². The third-order valence-corrected chi connectivity index (χ3v) is 4.38. The van der Waals surface area contributed by atoms with Gasteiger partial charge in [-0.2, -0.15) is 0 Å². The van der Waals surface area contributed by atoms with Crippen molar-refractivity contribution < 1.29 is 4.74 Å². The van der Waals surface area contributed by atoms with Crippen molar-refractivity contribution in [1.82, 2.24) is 14.5 Å². The third kappa shape index (κ3) is 3.05. The van der Waals surface area contributed by atoms with E-state index >= 15 is 0 Å². The standard InChI is InChI=1S/C18H20N4O/c1-2-4-17-14(3-1)5-8-22(17)9-7-19-18-11-16(20-13-21-18)15-6-10-23-12-15/h1-5,8,11,13,15H,6-7,9-10,12H2,(H,19,20,21)/t15-/m1/s1. The van der Waals surface area contributed by atoms with Crippen LogP contribution >= 0.6 is 0 Å². The van der Waals surface area contributed by atoms with Gasteiger partial charge in [0.15, 0.2) is 0 Å². The normalized spacial score (nSPS) is 17.7. The molecular formula is C18H20N4O. The topological polar surface area (TPSA) is 52.0 Å². The quantitative estimate of drug-likeness (QED) is 0.787. The summed E-state index contributed by atoms with van der Waals surface area (Å²) < 4.78 is 7.70. The number of benzene rings is 1. The molecule has 3 heterocycles. The molecule has 5 nitrogen and oxygen atoms in total. The van der Waals surface area contributed by atoms with Crippen molar-refractivity contribution in [3.05, 3.63) is 54.6 Å². The van der Waals surface area contributed by atoms with Crippen LogP contribution in [-0.4, -0.2) is 34.3 Å². The van der Waals surface area contributed by atoms with Crippen LogP contribution < -0.4 is 5.32 Å². The molecule has 118 valence electrons. The first kappa shape index (κ1) is 14.2. The summed E-state index contributed by atoms with van der Waals surface area (Å²) in [6.07, 6.45) is 4.82. The molecule has 1 atom stereocenters. The van der Waals surface area contributed by atoms with Crippen LogP contribution in [0, 0.1) is 0 Å². The van der Waals surface area contributed by atoms with Crippen LogP contribution in [0.1, 0.15) is 18.0 Å². The SMILES string of the molecule is c1ccc2c(c1)ccn2CCNc1cc([C@@H]2CCOC2)ncn1. The smallest absolute Gasteiger partial charge is 0.129 e. The second-order valence-corrected chi connectivity index (χ2v) is 5.88. The first-order chi connectivity index (χ1) is 11.4. The van der Waals surface area contributed by atoms with Crippen LogP contribution in [0.2, 0.25) is 0 Å². The lowest BCUT2D eigenvalue weighted by Gasteiger charge is -2.11. The van der Waals surface area contributed by atoms with Gasteiger partial charge in [-0.05, 0) is 23.9 Å². The van der Waals surface area contributed by atoms with Crippen molar-refractivity contribution in [2.45, 2.75) is 18.9 Å². The molecular weight excluding hydrogens is 288 g/mol. The fourth-order valence-electron chi connectivity index (χ4n) is 3.10. The van der Waals surface area contributed by atoms with Gasteiger partial charge in [-0.15, -0.1) is 0 Å². The maximum atomic E-state index is 5.44. The zero-order chi connectivity index (χ0) is 15.5.